The summed E-state index contributed by atoms with van der Waals surface area (Å²) in [5.41, 5.74) is 0. The van der Waals surface area contributed by atoms with E-state index < -0.39 is 0 Å². The summed E-state index contributed by atoms with van der Waals surface area (Å²) in [5.74, 6) is 0.103. The Bertz CT molecular complexity index is 244. The summed E-state index contributed by atoms with van der Waals surface area (Å²) in [6.07, 6.45) is 8.47. The van der Waals surface area contributed by atoms with Gasteiger partial charge in [0.15, 0.2) is 0 Å². The topological polar surface area (TPSA) is 35.5 Å². The summed E-state index contributed by atoms with van der Waals surface area (Å²) in [6, 6.07) is 0. The molecule has 0 bridgehead atoms. The molecule has 17 heavy (non-hydrogen) atoms. The van der Waals surface area contributed by atoms with Gasteiger partial charge >= 0.3 is 5.97 Å². The lowest BCUT2D eigenvalue weighted by atomic mass is 9.79. The third kappa shape index (κ3) is 3.84. The molecule has 0 unspecified atom stereocenters. The lowest BCUT2D eigenvalue weighted by Gasteiger charge is -2.33. The number of rotatable bonds is 6. The number of hydrogen-bond donors (Lipinski definition) is 0. The fraction of sp³-hybridized carbons (Fsp3) is 0.786. The number of esters is 1. The van der Waals surface area contributed by atoms with Crippen LogP contribution in [0.5, 0.6) is 0 Å². The molecule has 0 amide bonds. The van der Waals surface area contributed by atoms with Gasteiger partial charge in [-0.25, -0.2) is 0 Å². The highest BCUT2D eigenvalue weighted by molar-refractivity contribution is 5.73. The standard InChI is InChI=1S/C14H24O3/c1-4-8-12(14(15)17-3)13(16-2)11-9-6-5-7-10-11/h4,11-13H,1,5-10H2,2-3H3/t12-,13+/m1/s1. The van der Waals surface area contributed by atoms with Crippen molar-refractivity contribution in [1.29, 1.82) is 0 Å². The average Bonchev–Trinajstić information content (AvgIpc) is 2.39. The third-order valence-electron chi connectivity index (χ3n) is 3.71. The maximum Gasteiger partial charge on any atom is 0.311 e. The van der Waals surface area contributed by atoms with Crippen LogP contribution in [0.2, 0.25) is 0 Å². The van der Waals surface area contributed by atoms with Gasteiger partial charge in [-0.1, -0.05) is 25.3 Å². The minimum atomic E-state index is -0.203. The zero-order chi connectivity index (χ0) is 12.7. The smallest absolute Gasteiger partial charge is 0.311 e. The fourth-order valence-electron chi connectivity index (χ4n) is 2.84. The van der Waals surface area contributed by atoms with Crippen LogP contribution in [0.4, 0.5) is 0 Å². The molecule has 98 valence electrons. The molecule has 3 heteroatoms. The summed E-state index contributed by atoms with van der Waals surface area (Å²) in [7, 11) is 3.13. The van der Waals surface area contributed by atoms with Crippen molar-refractivity contribution in [2.24, 2.45) is 11.8 Å². The normalized spacial score (nSPS) is 20.6. The van der Waals surface area contributed by atoms with E-state index in [9.17, 15) is 4.79 Å². The van der Waals surface area contributed by atoms with Crippen molar-refractivity contribution < 1.29 is 14.3 Å². The van der Waals surface area contributed by atoms with Crippen molar-refractivity contribution in [2.75, 3.05) is 14.2 Å². The van der Waals surface area contributed by atoms with Gasteiger partial charge in [-0.05, 0) is 25.2 Å². The number of carbonyl (C=O) groups excluding carboxylic acids is 1. The number of ether oxygens (including phenoxy) is 2. The summed E-state index contributed by atoms with van der Waals surface area (Å²) in [6.45, 7) is 3.72. The average molecular weight is 240 g/mol. The highest BCUT2D eigenvalue weighted by atomic mass is 16.5. The second kappa shape index (κ2) is 7.49. The maximum absolute atomic E-state index is 11.8. The summed E-state index contributed by atoms with van der Waals surface area (Å²) >= 11 is 0. The SMILES string of the molecule is C=CC[C@@H](C(=O)OC)[C@@H](OC)C1CCCCC1. The number of hydrogen-bond acceptors (Lipinski definition) is 3. The Kier molecular flexibility index (Phi) is 6.27. The highest BCUT2D eigenvalue weighted by Crippen LogP contribution is 2.32. The van der Waals surface area contributed by atoms with Crippen LogP contribution in [0.25, 0.3) is 0 Å². The third-order valence-corrected chi connectivity index (χ3v) is 3.71. The van der Waals surface area contributed by atoms with E-state index >= 15 is 0 Å². The highest BCUT2D eigenvalue weighted by Gasteiger charge is 2.34. The molecule has 1 aliphatic rings. The monoisotopic (exact) mass is 240 g/mol. The molecule has 0 radical (unpaired) electrons. The first-order valence-corrected chi connectivity index (χ1v) is 6.46. The van der Waals surface area contributed by atoms with E-state index in [2.05, 4.69) is 6.58 Å². The van der Waals surface area contributed by atoms with Gasteiger partial charge in [-0.2, -0.15) is 0 Å². The Morgan fingerprint density at radius 2 is 2.00 bits per heavy atom. The van der Waals surface area contributed by atoms with E-state index in [0.29, 0.717) is 12.3 Å². The molecule has 0 heterocycles. The van der Waals surface area contributed by atoms with Crippen molar-refractivity contribution in [1.82, 2.24) is 0 Å². The molecule has 2 atom stereocenters. The lowest BCUT2D eigenvalue weighted by molar-refractivity contribution is -0.152. The minimum absolute atomic E-state index is 0.0271. The van der Waals surface area contributed by atoms with Crippen LogP contribution in [0, 0.1) is 11.8 Å². The van der Waals surface area contributed by atoms with Gasteiger partial charge in [0.25, 0.3) is 0 Å². The van der Waals surface area contributed by atoms with Gasteiger partial charge in [0.1, 0.15) is 0 Å². The molecule has 0 aromatic carbocycles. The molecule has 0 aliphatic heterocycles. The van der Waals surface area contributed by atoms with Crippen molar-refractivity contribution >= 4 is 5.97 Å². The summed E-state index contributed by atoms with van der Waals surface area (Å²) < 4.78 is 10.5. The second-order valence-corrected chi connectivity index (χ2v) is 4.75. The fourth-order valence-corrected chi connectivity index (χ4v) is 2.84. The number of allylic oxidation sites excluding steroid dienone is 1. The molecular formula is C14H24O3. The number of methoxy groups -OCH3 is 2. The molecule has 1 rings (SSSR count). The van der Waals surface area contributed by atoms with Crippen LogP contribution in [0.15, 0.2) is 12.7 Å². The van der Waals surface area contributed by atoms with Gasteiger partial charge in [-0.3, -0.25) is 4.79 Å². The Morgan fingerprint density at radius 1 is 1.35 bits per heavy atom. The van der Waals surface area contributed by atoms with Crippen LogP contribution in [-0.4, -0.2) is 26.3 Å². The molecule has 1 saturated carbocycles. The van der Waals surface area contributed by atoms with E-state index in [-0.39, 0.29) is 18.0 Å². The van der Waals surface area contributed by atoms with E-state index in [0.717, 1.165) is 12.8 Å². The van der Waals surface area contributed by atoms with Gasteiger partial charge in [-0.15, -0.1) is 6.58 Å². The second-order valence-electron chi connectivity index (χ2n) is 4.75. The van der Waals surface area contributed by atoms with Crippen LogP contribution < -0.4 is 0 Å². The molecule has 0 saturated heterocycles. The van der Waals surface area contributed by atoms with Crippen LogP contribution in [0.3, 0.4) is 0 Å². The molecule has 0 N–H and O–H groups in total. The van der Waals surface area contributed by atoms with Crippen molar-refractivity contribution in [3.63, 3.8) is 0 Å². The first kappa shape index (κ1) is 14.2. The van der Waals surface area contributed by atoms with Crippen LogP contribution in [0.1, 0.15) is 38.5 Å². The predicted octanol–water partition coefficient (Wildman–Crippen LogP) is 2.95. The van der Waals surface area contributed by atoms with E-state index in [1.807, 2.05) is 0 Å². The van der Waals surface area contributed by atoms with Gasteiger partial charge in [0.05, 0.1) is 19.1 Å². The zero-order valence-electron chi connectivity index (χ0n) is 11.0. The number of carbonyl (C=O) groups is 1. The first-order valence-electron chi connectivity index (χ1n) is 6.46. The molecular weight excluding hydrogens is 216 g/mol. The Labute approximate surface area is 104 Å². The predicted molar refractivity (Wildman–Crippen MR) is 67.7 cm³/mol. The van der Waals surface area contributed by atoms with Gasteiger partial charge in [0.2, 0.25) is 0 Å². The van der Waals surface area contributed by atoms with Crippen LogP contribution >= 0.6 is 0 Å². The van der Waals surface area contributed by atoms with Crippen molar-refractivity contribution in [3.05, 3.63) is 12.7 Å². The van der Waals surface area contributed by atoms with Crippen molar-refractivity contribution in [2.45, 2.75) is 44.6 Å². The van der Waals surface area contributed by atoms with Crippen LogP contribution in [-0.2, 0) is 14.3 Å². The summed E-state index contributed by atoms with van der Waals surface area (Å²) in [5, 5.41) is 0. The molecule has 0 aromatic heterocycles. The lowest BCUT2D eigenvalue weighted by Crippen LogP contribution is -2.37. The summed E-state index contributed by atoms with van der Waals surface area (Å²) in [4.78, 5) is 11.8. The molecule has 1 fully saturated rings. The van der Waals surface area contributed by atoms with Gasteiger partial charge < -0.3 is 9.47 Å². The Balaban J connectivity index is 2.71. The zero-order valence-corrected chi connectivity index (χ0v) is 11.0. The van der Waals surface area contributed by atoms with E-state index in [1.54, 1.807) is 13.2 Å². The molecule has 0 spiro atoms. The molecule has 3 nitrogen and oxygen atoms in total. The Hall–Kier alpha value is -0.830. The van der Waals surface area contributed by atoms with E-state index in [4.69, 9.17) is 9.47 Å². The maximum atomic E-state index is 11.8. The Morgan fingerprint density at radius 3 is 2.47 bits per heavy atom. The van der Waals surface area contributed by atoms with E-state index in [1.165, 1.54) is 26.4 Å². The minimum Gasteiger partial charge on any atom is -0.469 e. The largest absolute Gasteiger partial charge is 0.469 e. The van der Waals surface area contributed by atoms with Gasteiger partial charge in [0, 0.05) is 7.11 Å². The quantitative estimate of drug-likeness (QED) is 0.529. The van der Waals surface area contributed by atoms with Crippen molar-refractivity contribution in [3.8, 4) is 0 Å². The molecule has 0 aromatic rings. The molecule has 1 aliphatic carbocycles. The first-order chi connectivity index (χ1) is 8.24.